The number of H-pyrrole nitrogens is 1. The molecule has 0 amide bonds. The maximum atomic E-state index is 5.34. The Bertz CT molecular complexity index is 679. The molecular formula is C17H24N4S. The van der Waals surface area contributed by atoms with E-state index in [4.69, 9.17) is 12.2 Å². The molecule has 0 radical (unpaired) electrons. The van der Waals surface area contributed by atoms with E-state index in [1.807, 2.05) is 4.68 Å². The second-order valence-electron chi connectivity index (χ2n) is 6.65. The summed E-state index contributed by atoms with van der Waals surface area (Å²) in [5.41, 5.74) is 2.71. The maximum Gasteiger partial charge on any atom is 0.217 e. The molecule has 22 heavy (non-hydrogen) atoms. The first-order chi connectivity index (χ1) is 10.5. The SMILES string of the molecule is CC(C)c1ccc(CN(C)Cn2[nH]c(C3CC3)nc2=S)cc1. The summed E-state index contributed by atoms with van der Waals surface area (Å²) in [6, 6.07) is 8.88. The van der Waals surface area contributed by atoms with Crippen molar-refractivity contribution in [1.82, 2.24) is 19.7 Å². The molecule has 3 rings (SSSR count). The van der Waals surface area contributed by atoms with E-state index in [2.05, 4.69) is 60.1 Å². The third kappa shape index (κ3) is 3.65. The molecule has 1 aromatic heterocycles. The number of rotatable bonds is 6. The molecule has 5 heteroatoms. The summed E-state index contributed by atoms with van der Waals surface area (Å²) >= 11 is 5.34. The highest BCUT2D eigenvalue weighted by atomic mass is 32.1. The summed E-state index contributed by atoms with van der Waals surface area (Å²) in [7, 11) is 2.11. The Kier molecular flexibility index (Phi) is 4.45. The quantitative estimate of drug-likeness (QED) is 0.818. The van der Waals surface area contributed by atoms with E-state index in [-0.39, 0.29) is 0 Å². The zero-order valence-electron chi connectivity index (χ0n) is 13.5. The van der Waals surface area contributed by atoms with Gasteiger partial charge in [0.25, 0.3) is 0 Å². The van der Waals surface area contributed by atoms with Crippen molar-refractivity contribution >= 4 is 12.2 Å². The predicted molar refractivity (Wildman–Crippen MR) is 91.4 cm³/mol. The van der Waals surface area contributed by atoms with Crippen LogP contribution >= 0.6 is 12.2 Å². The molecular weight excluding hydrogens is 292 g/mol. The largest absolute Gasteiger partial charge is 0.283 e. The molecule has 1 N–H and O–H groups in total. The van der Waals surface area contributed by atoms with E-state index in [0.29, 0.717) is 16.6 Å². The number of aromatic amines is 1. The molecule has 1 aromatic carbocycles. The molecule has 0 atom stereocenters. The molecule has 1 aliphatic carbocycles. The summed E-state index contributed by atoms with van der Waals surface area (Å²) < 4.78 is 2.62. The molecule has 2 aromatic rings. The summed E-state index contributed by atoms with van der Waals surface area (Å²) in [4.78, 5) is 6.70. The molecule has 1 saturated carbocycles. The minimum atomic E-state index is 0.580. The van der Waals surface area contributed by atoms with Gasteiger partial charge in [-0.15, -0.1) is 0 Å². The highest BCUT2D eigenvalue weighted by molar-refractivity contribution is 7.71. The van der Waals surface area contributed by atoms with Gasteiger partial charge in [0.15, 0.2) is 0 Å². The minimum Gasteiger partial charge on any atom is -0.283 e. The second-order valence-corrected chi connectivity index (χ2v) is 7.01. The van der Waals surface area contributed by atoms with Gasteiger partial charge < -0.3 is 0 Å². The van der Waals surface area contributed by atoms with Crippen molar-refractivity contribution in [1.29, 1.82) is 0 Å². The fraction of sp³-hybridized carbons (Fsp3) is 0.529. The fourth-order valence-electron chi connectivity index (χ4n) is 2.62. The first kappa shape index (κ1) is 15.4. The summed E-state index contributed by atoms with van der Waals surface area (Å²) in [5.74, 6) is 2.24. The minimum absolute atomic E-state index is 0.580. The first-order valence-corrected chi connectivity index (χ1v) is 8.38. The summed E-state index contributed by atoms with van der Waals surface area (Å²) in [6.45, 7) is 6.08. The zero-order valence-corrected chi connectivity index (χ0v) is 14.4. The van der Waals surface area contributed by atoms with Gasteiger partial charge in [0.1, 0.15) is 5.82 Å². The maximum absolute atomic E-state index is 5.34. The smallest absolute Gasteiger partial charge is 0.217 e. The Balaban J connectivity index is 1.62. The third-order valence-electron chi connectivity index (χ3n) is 4.14. The summed E-state index contributed by atoms with van der Waals surface area (Å²) in [5, 5.41) is 3.34. The monoisotopic (exact) mass is 316 g/mol. The van der Waals surface area contributed by atoms with Crippen LogP contribution in [0.5, 0.6) is 0 Å². The molecule has 118 valence electrons. The standard InChI is InChI=1S/C17H24N4S/c1-12(2)14-6-4-13(5-7-14)10-20(3)11-21-17(22)18-16(19-21)15-8-9-15/h4-7,12,15H,8-11H2,1-3H3,(H,18,19,22). The van der Waals surface area contributed by atoms with Crippen molar-refractivity contribution in [3.05, 3.63) is 46.0 Å². The lowest BCUT2D eigenvalue weighted by molar-refractivity contribution is 0.244. The van der Waals surface area contributed by atoms with Gasteiger partial charge in [-0.1, -0.05) is 38.1 Å². The van der Waals surface area contributed by atoms with E-state index in [1.165, 1.54) is 24.0 Å². The van der Waals surface area contributed by atoms with Crippen LogP contribution in [0.4, 0.5) is 0 Å². The lowest BCUT2D eigenvalue weighted by atomic mass is 10.0. The van der Waals surface area contributed by atoms with Crippen LogP contribution in [0, 0.1) is 4.77 Å². The molecule has 1 fully saturated rings. The van der Waals surface area contributed by atoms with Crippen LogP contribution in [-0.4, -0.2) is 26.7 Å². The molecule has 0 aliphatic heterocycles. The van der Waals surface area contributed by atoms with Crippen LogP contribution in [0.15, 0.2) is 24.3 Å². The van der Waals surface area contributed by atoms with Gasteiger partial charge in [-0.25, -0.2) is 9.67 Å². The van der Waals surface area contributed by atoms with Gasteiger partial charge in [0.2, 0.25) is 4.77 Å². The van der Waals surface area contributed by atoms with Crippen LogP contribution in [0.25, 0.3) is 0 Å². The third-order valence-corrected chi connectivity index (χ3v) is 4.45. The van der Waals surface area contributed by atoms with Gasteiger partial charge in [-0.05, 0) is 49.2 Å². The van der Waals surface area contributed by atoms with Crippen LogP contribution in [-0.2, 0) is 13.2 Å². The van der Waals surface area contributed by atoms with Gasteiger partial charge in [-0.3, -0.25) is 10.00 Å². The van der Waals surface area contributed by atoms with E-state index >= 15 is 0 Å². The second kappa shape index (κ2) is 6.34. The van der Waals surface area contributed by atoms with Crippen molar-refractivity contribution in [2.45, 2.75) is 51.7 Å². The van der Waals surface area contributed by atoms with Crippen molar-refractivity contribution in [3.8, 4) is 0 Å². The Morgan fingerprint density at radius 2 is 2.00 bits per heavy atom. The average molecular weight is 316 g/mol. The van der Waals surface area contributed by atoms with Gasteiger partial charge in [0, 0.05) is 12.5 Å². The van der Waals surface area contributed by atoms with Crippen LogP contribution in [0.2, 0.25) is 0 Å². The van der Waals surface area contributed by atoms with Crippen LogP contribution in [0.3, 0.4) is 0 Å². The number of nitrogens with zero attached hydrogens (tertiary/aromatic N) is 3. The lowest BCUT2D eigenvalue weighted by Gasteiger charge is -2.17. The van der Waals surface area contributed by atoms with E-state index in [0.717, 1.165) is 19.0 Å². The van der Waals surface area contributed by atoms with Gasteiger partial charge in [0.05, 0.1) is 6.67 Å². The Morgan fingerprint density at radius 1 is 1.32 bits per heavy atom. The Labute approximate surface area is 137 Å². The van der Waals surface area contributed by atoms with E-state index in [1.54, 1.807) is 0 Å². The summed E-state index contributed by atoms with van der Waals surface area (Å²) in [6.07, 6.45) is 2.47. The number of aromatic nitrogens is 3. The van der Waals surface area contributed by atoms with E-state index < -0.39 is 0 Å². The van der Waals surface area contributed by atoms with Crippen LogP contribution in [0.1, 0.15) is 55.5 Å². The normalized spacial score (nSPS) is 15.0. The van der Waals surface area contributed by atoms with Crippen molar-refractivity contribution in [2.75, 3.05) is 7.05 Å². The number of hydrogen-bond acceptors (Lipinski definition) is 3. The van der Waals surface area contributed by atoms with Gasteiger partial charge >= 0.3 is 0 Å². The first-order valence-electron chi connectivity index (χ1n) is 7.97. The van der Waals surface area contributed by atoms with Crippen molar-refractivity contribution in [2.24, 2.45) is 0 Å². The fourth-order valence-corrected chi connectivity index (χ4v) is 2.82. The highest BCUT2D eigenvalue weighted by Gasteiger charge is 2.27. The lowest BCUT2D eigenvalue weighted by Crippen LogP contribution is -2.22. The zero-order chi connectivity index (χ0) is 15.7. The average Bonchev–Trinajstić information content (AvgIpc) is 3.25. The molecule has 0 saturated heterocycles. The number of nitrogens with one attached hydrogen (secondary N) is 1. The molecule has 0 unspecified atom stereocenters. The molecule has 1 aliphatic rings. The van der Waals surface area contributed by atoms with E-state index in [9.17, 15) is 0 Å². The predicted octanol–water partition coefficient (Wildman–Crippen LogP) is 4.03. The molecule has 1 heterocycles. The Morgan fingerprint density at radius 3 is 2.59 bits per heavy atom. The number of benzene rings is 1. The Hall–Kier alpha value is -1.46. The van der Waals surface area contributed by atoms with Crippen molar-refractivity contribution in [3.63, 3.8) is 0 Å². The van der Waals surface area contributed by atoms with Gasteiger partial charge in [-0.2, -0.15) is 0 Å². The molecule has 4 nitrogen and oxygen atoms in total. The topological polar surface area (TPSA) is 36.9 Å². The molecule has 0 bridgehead atoms. The molecule has 0 spiro atoms. The van der Waals surface area contributed by atoms with Crippen LogP contribution < -0.4 is 0 Å². The number of hydrogen-bond donors (Lipinski definition) is 1. The van der Waals surface area contributed by atoms with Crippen molar-refractivity contribution < 1.29 is 0 Å². The highest BCUT2D eigenvalue weighted by Crippen LogP contribution is 2.37.